The lowest BCUT2D eigenvalue weighted by atomic mass is 9.82. The number of benzene rings is 1. The zero-order chi connectivity index (χ0) is 26.9. The fraction of sp³-hybridized carbons (Fsp3) is 0.333. The van der Waals surface area contributed by atoms with Crippen molar-refractivity contribution < 1.29 is 9.32 Å². The van der Waals surface area contributed by atoms with Crippen LogP contribution in [0.15, 0.2) is 71.6 Å². The Kier molecular flexibility index (Phi) is 6.86. The Morgan fingerprint density at radius 3 is 2.49 bits per heavy atom. The van der Waals surface area contributed by atoms with Gasteiger partial charge in [0, 0.05) is 41.7 Å². The minimum Gasteiger partial charge on any atom is -0.361 e. The number of aryl methyl sites for hydroxylation is 2. The van der Waals surface area contributed by atoms with Gasteiger partial charge in [-0.1, -0.05) is 54.8 Å². The molecule has 1 fully saturated rings. The number of ketones is 1. The van der Waals surface area contributed by atoms with Crippen LogP contribution in [0, 0.1) is 19.8 Å². The average Bonchev–Trinajstić information content (AvgIpc) is 3.49. The second kappa shape index (κ2) is 10.6. The molecule has 1 atom stereocenters. The van der Waals surface area contributed by atoms with E-state index in [9.17, 15) is 4.79 Å². The van der Waals surface area contributed by atoms with Crippen molar-refractivity contribution >= 4 is 16.8 Å². The molecule has 198 valence electrons. The van der Waals surface area contributed by atoms with E-state index < -0.39 is 0 Å². The molecule has 39 heavy (non-hydrogen) atoms. The van der Waals surface area contributed by atoms with Crippen molar-refractivity contribution in [3.8, 4) is 22.3 Å². The second-order valence-electron chi connectivity index (χ2n) is 10.9. The van der Waals surface area contributed by atoms with Crippen LogP contribution in [0.5, 0.6) is 0 Å². The van der Waals surface area contributed by atoms with E-state index in [-0.39, 0.29) is 11.8 Å². The van der Waals surface area contributed by atoms with E-state index >= 15 is 0 Å². The first-order valence-electron chi connectivity index (χ1n) is 13.9. The molecule has 4 aromatic heterocycles. The molecule has 4 heterocycles. The van der Waals surface area contributed by atoms with Gasteiger partial charge in [0.15, 0.2) is 0 Å². The number of carbonyl (C=O) groups excluding carboxylic acids is 1. The van der Waals surface area contributed by atoms with E-state index in [1.807, 2.05) is 32.3 Å². The van der Waals surface area contributed by atoms with Gasteiger partial charge in [0.1, 0.15) is 11.5 Å². The molecule has 6 heteroatoms. The number of fused-ring (bicyclic) bond motifs is 1. The Morgan fingerprint density at radius 1 is 1.03 bits per heavy atom. The van der Waals surface area contributed by atoms with Crippen LogP contribution < -0.4 is 0 Å². The molecule has 5 aromatic rings. The third-order valence-electron chi connectivity index (χ3n) is 8.10. The number of hydrogen-bond donors (Lipinski definition) is 0. The second-order valence-corrected chi connectivity index (χ2v) is 10.9. The molecule has 0 bridgehead atoms. The summed E-state index contributed by atoms with van der Waals surface area (Å²) in [5, 5.41) is 4.19. The number of nitrogens with zero attached hydrogens (tertiary/aromatic N) is 4. The van der Waals surface area contributed by atoms with E-state index in [0.29, 0.717) is 12.3 Å². The van der Waals surface area contributed by atoms with Crippen LogP contribution in [0.2, 0.25) is 0 Å². The molecule has 6 rings (SSSR count). The lowest BCUT2D eigenvalue weighted by Gasteiger charge is -2.31. The Hall–Kier alpha value is -4.06. The molecule has 0 amide bonds. The third-order valence-corrected chi connectivity index (χ3v) is 8.10. The normalized spacial score (nSPS) is 15.1. The standard InChI is InChI=1S/C33H34N4O2/c1-21(38)17-24-12-14-25(15-13-24)28-20-37(33(26-9-5-4-6-10-26)29-11-7-8-16-34-29)30-18-27(19-35-32(28)30)31-22(2)36-39-23(31)3/h7-8,11-16,18-20,26,33H,4-6,9-10,17H2,1-3H3. The predicted octanol–water partition coefficient (Wildman–Crippen LogP) is 7.67. The Morgan fingerprint density at radius 2 is 1.82 bits per heavy atom. The maximum atomic E-state index is 11.7. The molecule has 1 aromatic carbocycles. The highest BCUT2D eigenvalue weighted by Crippen LogP contribution is 2.42. The van der Waals surface area contributed by atoms with Crippen LogP contribution in [0.25, 0.3) is 33.3 Å². The van der Waals surface area contributed by atoms with Gasteiger partial charge >= 0.3 is 0 Å². The summed E-state index contributed by atoms with van der Waals surface area (Å²) < 4.78 is 7.92. The van der Waals surface area contributed by atoms with Gasteiger partial charge in [-0.3, -0.25) is 14.8 Å². The molecule has 0 radical (unpaired) electrons. The van der Waals surface area contributed by atoms with Crippen LogP contribution in [0.4, 0.5) is 0 Å². The van der Waals surface area contributed by atoms with Crippen molar-refractivity contribution in [2.24, 2.45) is 5.92 Å². The van der Waals surface area contributed by atoms with Crippen LogP contribution in [0.3, 0.4) is 0 Å². The molecule has 0 N–H and O–H groups in total. The summed E-state index contributed by atoms with van der Waals surface area (Å²) in [6, 6.07) is 16.9. The topological polar surface area (TPSA) is 73.8 Å². The lowest BCUT2D eigenvalue weighted by molar-refractivity contribution is -0.116. The third kappa shape index (κ3) is 4.91. The molecule has 0 spiro atoms. The predicted molar refractivity (Wildman–Crippen MR) is 153 cm³/mol. The smallest absolute Gasteiger partial charge is 0.141 e. The number of rotatable bonds is 7. The average molecular weight is 519 g/mol. The summed E-state index contributed by atoms with van der Waals surface area (Å²) in [4.78, 5) is 21.6. The van der Waals surface area contributed by atoms with E-state index in [1.54, 1.807) is 6.92 Å². The summed E-state index contributed by atoms with van der Waals surface area (Å²) >= 11 is 0. The van der Waals surface area contributed by atoms with Crippen LogP contribution in [-0.2, 0) is 11.2 Å². The summed E-state index contributed by atoms with van der Waals surface area (Å²) in [7, 11) is 0. The highest BCUT2D eigenvalue weighted by Gasteiger charge is 2.30. The van der Waals surface area contributed by atoms with E-state index in [4.69, 9.17) is 14.5 Å². The zero-order valence-corrected chi connectivity index (χ0v) is 22.9. The summed E-state index contributed by atoms with van der Waals surface area (Å²) in [5.41, 5.74) is 9.20. The van der Waals surface area contributed by atoms with Crippen molar-refractivity contribution in [2.45, 2.75) is 65.3 Å². The zero-order valence-electron chi connectivity index (χ0n) is 22.9. The Bertz CT molecular complexity index is 1590. The summed E-state index contributed by atoms with van der Waals surface area (Å²) in [5.74, 6) is 1.46. The highest BCUT2D eigenvalue weighted by atomic mass is 16.5. The monoisotopic (exact) mass is 518 g/mol. The number of Topliss-reactive ketones (excluding diaryl/α,β-unsaturated/α-hetero) is 1. The van der Waals surface area contributed by atoms with Crippen molar-refractivity contribution in [3.05, 3.63) is 89.8 Å². The molecule has 0 saturated heterocycles. The molecule has 1 aliphatic rings. The highest BCUT2D eigenvalue weighted by molar-refractivity contribution is 5.95. The number of carbonyl (C=O) groups is 1. The molecular weight excluding hydrogens is 484 g/mol. The SMILES string of the molecule is CC(=O)Cc1ccc(-c2cn(C(c3ccccn3)C3CCCCC3)c3cc(-c4c(C)noc4C)cnc23)cc1. The first kappa shape index (κ1) is 25.2. The quantitative estimate of drug-likeness (QED) is 0.221. The van der Waals surface area contributed by atoms with E-state index in [2.05, 4.69) is 58.4 Å². The fourth-order valence-electron chi connectivity index (χ4n) is 6.30. The first-order chi connectivity index (χ1) is 19.0. The maximum absolute atomic E-state index is 11.7. The van der Waals surface area contributed by atoms with Crippen LogP contribution in [0.1, 0.15) is 67.8 Å². The molecular formula is C33H34N4O2. The first-order valence-corrected chi connectivity index (χ1v) is 13.9. The lowest BCUT2D eigenvalue weighted by Crippen LogP contribution is -2.23. The van der Waals surface area contributed by atoms with E-state index in [1.165, 1.54) is 32.1 Å². The largest absolute Gasteiger partial charge is 0.361 e. The van der Waals surface area contributed by atoms with Gasteiger partial charge in [-0.2, -0.15) is 0 Å². The molecule has 1 saturated carbocycles. The minimum absolute atomic E-state index is 0.112. The van der Waals surface area contributed by atoms with Gasteiger partial charge in [-0.15, -0.1) is 0 Å². The van der Waals surface area contributed by atoms with Gasteiger partial charge in [-0.25, -0.2) is 0 Å². The van der Waals surface area contributed by atoms with Crippen molar-refractivity contribution in [2.75, 3.05) is 0 Å². The van der Waals surface area contributed by atoms with Gasteiger partial charge < -0.3 is 9.09 Å². The van der Waals surface area contributed by atoms with Crippen molar-refractivity contribution in [3.63, 3.8) is 0 Å². The molecule has 1 unspecified atom stereocenters. The van der Waals surface area contributed by atoms with Gasteiger partial charge in [0.05, 0.1) is 28.5 Å². The summed E-state index contributed by atoms with van der Waals surface area (Å²) in [6.07, 6.45) is 12.7. The minimum atomic E-state index is 0.112. The van der Waals surface area contributed by atoms with Crippen molar-refractivity contribution in [1.82, 2.24) is 19.7 Å². The van der Waals surface area contributed by atoms with Crippen LogP contribution in [-0.4, -0.2) is 25.5 Å². The number of hydrogen-bond acceptors (Lipinski definition) is 5. The van der Waals surface area contributed by atoms with Crippen LogP contribution >= 0.6 is 0 Å². The number of pyridine rings is 2. The fourth-order valence-corrected chi connectivity index (χ4v) is 6.30. The van der Waals surface area contributed by atoms with Gasteiger partial charge in [0.2, 0.25) is 0 Å². The summed E-state index contributed by atoms with van der Waals surface area (Å²) in [6.45, 7) is 5.55. The van der Waals surface area contributed by atoms with Gasteiger partial charge in [0.25, 0.3) is 0 Å². The molecule has 6 nitrogen and oxygen atoms in total. The Balaban J connectivity index is 1.56. The number of aromatic nitrogens is 4. The molecule has 0 aliphatic heterocycles. The molecule has 1 aliphatic carbocycles. The van der Waals surface area contributed by atoms with Gasteiger partial charge in [-0.05, 0) is 68.9 Å². The van der Waals surface area contributed by atoms with E-state index in [0.717, 1.165) is 56.0 Å². The Labute approximate surface area is 229 Å². The maximum Gasteiger partial charge on any atom is 0.141 e. The van der Waals surface area contributed by atoms with Crippen molar-refractivity contribution in [1.29, 1.82) is 0 Å².